The molecule has 0 unspecified atom stereocenters. The van der Waals surface area contributed by atoms with Gasteiger partial charge in [0.25, 0.3) is 0 Å². The van der Waals surface area contributed by atoms with Gasteiger partial charge in [0.2, 0.25) is 0 Å². The second-order valence-electron chi connectivity index (χ2n) is 6.09. The molecule has 22 heavy (non-hydrogen) atoms. The molecule has 1 aliphatic carbocycles. The first-order valence-electron chi connectivity index (χ1n) is 7.82. The van der Waals surface area contributed by atoms with Gasteiger partial charge in [-0.3, -0.25) is 9.59 Å². The average molecular weight is 304 g/mol. The SMILES string of the molecule is Cc1ccc(C)c(NC(=O)C(=O)NC[C@@H]2CCCC[C@H]2O)c1. The molecule has 3 N–H and O–H groups in total. The van der Waals surface area contributed by atoms with Crippen molar-refractivity contribution in [2.45, 2.75) is 45.6 Å². The van der Waals surface area contributed by atoms with Crippen molar-refractivity contribution in [3.63, 3.8) is 0 Å². The fraction of sp³-hybridized carbons (Fsp3) is 0.529. The van der Waals surface area contributed by atoms with Crippen molar-refractivity contribution in [3.8, 4) is 0 Å². The number of amides is 2. The summed E-state index contributed by atoms with van der Waals surface area (Å²) in [5.74, 6) is -1.27. The van der Waals surface area contributed by atoms with E-state index in [-0.39, 0.29) is 12.0 Å². The number of carbonyl (C=O) groups excluding carboxylic acids is 2. The molecule has 1 fully saturated rings. The van der Waals surface area contributed by atoms with Crippen molar-refractivity contribution < 1.29 is 14.7 Å². The quantitative estimate of drug-likeness (QED) is 0.746. The van der Waals surface area contributed by atoms with Gasteiger partial charge in [-0.25, -0.2) is 0 Å². The van der Waals surface area contributed by atoms with Crippen molar-refractivity contribution in [1.82, 2.24) is 5.32 Å². The predicted octanol–water partition coefficient (Wildman–Crippen LogP) is 1.91. The Balaban J connectivity index is 1.86. The molecule has 0 radical (unpaired) electrons. The zero-order valence-electron chi connectivity index (χ0n) is 13.2. The van der Waals surface area contributed by atoms with Crippen molar-refractivity contribution in [2.75, 3.05) is 11.9 Å². The van der Waals surface area contributed by atoms with Gasteiger partial charge in [-0.15, -0.1) is 0 Å². The summed E-state index contributed by atoms with van der Waals surface area (Å²) >= 11 is 0. The van der Waals surface area contributed by atoms with Crippen molar-refractivity contribution in [2.24, 2.45) is 5.92 Å². The van der Waals surface area contributed by atoms with E-state index in [1.807, 2.05) is 32.0 Å². The summed E-state index contributed by atoms with van der Waals surface area (Å²) in [6.07, 6.45) is 3.37. The van der Waals surface area contributed by atoms with Crippen LogP contribution in [-0.4, -0.2) is 29.6 Å². The number of aliphatic hydroxyl groups excluding tert-OH is 1. The Morgan fingerprint density at radius 3 is 2.64 bits per heavy atom. The van der Waals surface area contributed by atoms with E-state index in [1.54, 1.807) is 0 Å². The van der Waals surface area contributed by atoms with Crippen LogP contribution in [0.5, 0.6) is 0 Å². The molecule has 0 aliphatic heterocycles. The van der Waals surface area contributed by atoms with E-state index >= 15 is 0 Å². The number of hydrogen-bond donors (Lipinski definition) is 3. The molecule has 1 aromatic rings. The lowest BCUT2D eigenvalue weighted by atomic mass is 9.86. The van der Waals surface area contributed by atoms with Gasteiger partial charge in [-0.1, -0.05) is 25.0 Å². The maximum Gasteiger partial charge on any atom is 0.313 e. The standard InChI is InChI=1S/C17H24N2O3/c1-11-7-8-12(2)14(9-11)19-17(22)16(21)18-10-13-5-3-4-6-15(13)20/h7-9,13,15,20H,3-6,10H2,1-2H3,(H,18,21)(H,19,22)/t13-,15+/m0/s1. The van der Waals surface area contributed by atoms with Crippen LogP contribution in [0.1, 0.15) is 36.8 Å². The van der Waals surface area contributed by atoms with E-state index < -0.39 is 11.8 Å². The van der Waals surface area contributed by atoms with E-state index in [0.717, 1.165) is 36.8 Å². The minimum absolute atomic E-state index is 0.0474. The van der Waals surface area contributed by atoms with Crippen LogP contribution in [0.25, 0.3) is 0 Å². The molecule has 2 rings (SSSR count). The topological polar surface area (TPSA) is 78.4 Å². The van der Waals surface area contributed by atoms with E-state index in [1.165, 1.54) is 0 Å². The summed E-state index contributed by atoms with van der Waals surface area (Å²) < 4.78 is 0. The van der Waals surface area contributed by atoms with Gasteiger partial charge < -0.3 is 15.7 Å². The van der Waals surface area contributed by atoms with Gasteiger partial charge in [-0.2, -0.15) is 0 Å². The summed E-state index contributed by atoms with van der Waals surface area (Å²) in [6, 6.07) is 5.70. The molecule has 0 bridgehead atoms. The lowest BCUT2D eigenvalue weighted by Gasteiger charge is -2.27. The third kappa shape index (κ3) is 4.31. The smallest absolute Gasteiger partial charge is 0.313 e. The highest BCUT2D eigenvalue weighted by molar-refractivity contribution is 6.39. The maximum absolute atomic E-state index is 11.9. The van der Waals surface area contributed by atoms with Crippen molar-refractivity contribution >= 4 is 17.5 Å². The second kappa shape index (κ2) is 7.40. The Bertz CT molecular complexity index is 557. The summed E-state index contributed by atoms with van der Waals surface area (Å²) in [5.41, 5.74) is 2.58. The zero-order chi connectivity index (χ0) is 16.1. The second-order valence-corrected chi connectivity index (χ2v) is 6.09. The summed E-state index contributed by atoms with van der Waals surface area (Å²) in [5, 5.41) is 15.1. The van der Waals surface area contributed by atoms with E-state index in [0.29, 0.717) is 12.2 Å². The Hall–Kier alpha value is -1.88. The molecule has 1 saturated carbocycles. The monoisotopic (exact) mass is 304 g/mol. The van der Waals surface area contributed by atoms with E-state index in [2.05, 4.69) is 10.6 Å². The normalized spacial score (nSPS) is 21.2. The molecule has 0 spiro atoms. The molecule has 0 heterocycles. The molecule has 0 aromatic heterocycles. The minimum Gasteiger partial charge on any atom is -0.393 e. The van der Waals surface area contributed by atoms with E-state index in [9.17, 15) is 14.7 Å². The molecule has 0 saturated heterocycles. The maximum atomic E-state index is 11.9. The highest BCUT2D eigenvalue weighted by Crippen LogP contribution is 2.23. The Kier molecular flexibility index (Phi) is 5.55. The van der Waals surface area contributed by atoms with Crippen LogP contribution in [0.3, 0.4) is 0 Å². The lowest BCUT2D eigenvalue weighted by Crippen LogP contribution is -2.41. The minimum atomic E-state index is -0.668. The third-order valence-corrected chi connectivity index (χ3v) is 4.24. The van der Waals surface area contributed by atoms with Crippen molar-refractivity contribution in [3.05, 3.63) is 29.3 Å². The molecular weight excluding hydrogens is 280 g/mol. The number of rotatable bonds is 3. The summed E-state index contributed by atoms with van der Waals surface area (Å²) in [4.78, 5) is 23.8. The van der Waals surface area contributed by atoms with Gasteiger partial charge in [0.1, 0.15) is 0 Å². The Morgan fingerprint density at radius 1 is 1.18 bits per heavy atom. The highest BCUT2D eigenvalue weighted by Gasteiger charge is 2.24. The number of benzene rings is 1. The number of carbonyl (C=O) groups is 2. The third-order valence-electron chi connectivity index (χ3n) is 4.24. The van der Waals surface area contributed by atoms with Crippen LogP contribution >= 0.6 is 0 Å². The molecule has 1 aromatic carbocycles. The van der Waals surface area contributed by atoms with E-state index in [4.69, 9.17) is 0 Å². The first-order chi connectivity index (χ1) is 10.5. The van der Waals surface area contributed by atoms with Crippen LogP contribution in [0, 0.1) is 19.8 Å². The van der Waals surface area contributed by atoms with Gasteiger partial charge in [0.15, 0.2) is 0 Å². The lowest BCUT2D eigenvalue weighted by molar-refractivity contribution is -0.136. The van der Waals surface area contributed by atoms with Crippen LogP contribution in [0.15, 0.2) is 18.2 Å². The number of anilines is 1. The molecule has 2 atom stereocenters. The fourth-order valence-electron chi connectivity index (χ4n) is 2.78. The van der Waals surface area contributed by atoms with Gasteiger partial charge in [0, 0.05) is 18.2 Å². The molecule has 120 valence electrons. The van der Waals surface area contributed by atoms with Crippen LogP contribution in [0.4, 0.5) is 5.69 Å². The Labute approximate surface area is 131 Å². The molecule has 5 heteroatoms. The Morgan fingerprint density at radius 2 is 1.91 bits per heavy atom. The molecular formula is C17H24N2O3. The van der Waals surface area contributed by atoms with Crippen LogP contribution in [-0.2, 0) is 9.59 Å². The molecule has 1 aliphatic rings. The largest absolute Gasteiger partial charge is 0.393 e. The van der Waals surface area contributed by atoms with Gasteiger partial charge in [0.05, 0.1) is 6.10 Å². The highest BCUT2D eigenvalue weighted by atomic mass is 16.3. The zero-order valence-corrected chi connectivity index (χ0v) is 13.2. The molecule has 5 nitrogen and oxygen atoms in total. The number of hydrogen-bond acceptors (Lipinski definition) is 3. The van der Waals surface area contributed by atoms with Crippen LogP contribution in [0.2, 0.25) is 0 Å². The number of nitrogens with one attached hydrogen (secondary N) is 2. The first-order valence-corrected chi connectivity index (χ1v) is 7.82. The van der Waals surface area contributed by atoms with Gasteiger partial charge in [-0.05, 0) is 43.9 Å². The predicted molar refractivity (Wildman–Crippen MR) is 85.5 cm³/mol. The first kappa shape index (κ1) is 16.5. The van der Waals surface area contributed by atoms with Crippen molar-refractivity contribution in [1.29, 1.82) is 0 Å². The summed E-state index contributed by atoms with van der Waals surface area (Å²) in [6.45, 7) is 4.16. The molecule has 2 amide bonds. The average Bonchev–Trinajstić information content (AvgIpc) is 2.49. The van der Waals surface area contributed by atoms with Crippen LogP contribution < -0.4 is 10.6 Å². The summed E-state index contributed by atoms with van der Waals surface area (Å²) in [7, 11) is 0. The van der Waals surface area contributed by atoms with Gasteiger partial charge >= 0.3 is 11.8 Å². The number of aryl methyl sites for hydroxylation is 2. The fourth-order valence-corrected chi connectivity index (χ4v) is 2.78. The number of aliphatic hydroxyl groups is 1.